The topological polar surface area (TPSA) is 29.5 Å². The van der Waals surface area contributed by atoms with Gasteiger partial charge in [-0.2, -0.15) is 0 Å². The van der Waals surface area contributed by atoms with E-state index in [4.69, 9.17) is 9.84 Å². The summed E-state index contributed by atoms with van der Waals surface area (Å²) in [6, 6.07) is 6.00. The number of ether oxygens (including phenoxy) is 1. The highest BCUT2D eigenvalue weighted by Crippen LogP contribution is 2.25. The van der Waals surface area contributed by atoms with Crippen molar-refractivity contribution in [3.05, 3.63) is 28.2 Å². The highest BCUT2D eigenvalue weighted by molar-refractivity contribution is 9.10. The third kappa shape index (κ3) is 3.84. The molecule has 0 saturated heterocycles. The Bertz CT molecular complexity index is 312. The minimum Gasteiger partial charge on any atom is -0.496 e. The molecule has 1 aromatic rings. The molecule has 0 aromatic heterocycles. The molecule has 1 rings (SSSR count). The summed E-state index contributed by atoms with van der Waals surface area (Å²) in [6.07, 6.45) is 1.91. The van der Waals surface area contributed by atoms with Crippen molar-refractivity contribution in [2.45, 2.75) is 19.8 Å². The van der Waals surface area contributed by atoms with Crippen molar-refractivity contribution < 1.29 is 9.84 Å². The second kappa shape index (κ2) is 6.13. The van der Waals surface area contributed by atoms with Crippen LogP contribution in [0.2, 0.25) is 0 Å². The number of aryl methyl sites for hydroxylation is 1. The fourth-order valence-electron chi connectivity index (χ4n) is 1.44. The SMILES string of the molecule is COc1ccc(Br)cc1CCC(C)CO. The van der Waals surface area contributed by atoms with Gasteiger partial charge in [0.05, 0.1) is 7.11 Å². The summed E-state index contributed by atoms with van der Waals surface area (Å²) in [6.45, 7) is 2.29. The van der Waals surface area contributed by atoms with E-state index in [-0.39, 0.29) is 6.61 Å². The van der Waals surface area contributed by atoms with Gasteiger partial charge in [-0.3, -0.25) is 0 Å². The van der Waals surface area contributed by atoms with Crippen LogP contribution in [0.25, 0.3) is 0 Å². The van der Waals surface area contributed by atoms with Gasteiger partial charge in [0, 0.05) is 11.1 Å². The van der Waals surface area contributed by atoms with Crippen molar-refractivity contribution in [1.29, 1.82) is 0 Å². The third-order valence-corrected chi connectivity index (χ3v) is 2.95. The molecule has 0 heterocycles. The summed E-state index contributed by atoms with van der Waals surface area (Å²) in [5.74, 6) is 1.26. The Kier molecular flexibility index (Phi) is 5.12. The molecule has 1 aromatic carbocycles. The number of benzene rings is 1. The van der Waals surface area contributed by atoms with Crippen LogP contribution in [0.1, 0.15) is 18.9 Å². The highest BCUT2D eigenvalue weighted by atomic mass is 79.9. The molecule has 3 heteroatoms. The summed E-state index contributed by atoms with van der Waals surface area (Å²) >= 11 is 3.44. The van der Waals surface area contributed by atoms with E-state index >= 15 is 0 Å². The predicted octanol–water partition coefficient (Wildman–Crippen LogP) is 3.02. The van der Waals surface area contributed by atoms with Crippen molar-refractivity contribution in [3.8, 4) is 5.75 Å². The van der Waals surface area contributed by atoms with Crippen LogP contribution < -0.4 is 4.74 Å². The number of aliphatic hydroxyl groups is 1. The van der Waals surface area contributed by atoms with Gasteiger partial charge in [0.25, 0.3) is 0 Å². The van der Waals surface area contributed by atoms with Crippen molar-refractivity contribution >= 4 is 15.9 Å². The average Bonchev–Trinajstić information content (AvgIpc) is 2.26. The fraction of sp³-hybridized carbons (Fsp3) is 0.500. The van der Waals surface area contributed by atoms with Crippen LogP contribution in [-0.2, 0) is 6.42 Å². The van der Waals surface area contributed by atoms with Crippen LogP contribution in [0.4, 0.5) is 0 Å². The highest BCUT2D eigenvalue weighted by Gasteiger charge is 2.06. The minimum absolute atomic E-state index is 0.246. The van der Waals surface area contributed by atoms with Crippen LogP contribution in [0.15, 0.2) is 22.7 Å². The molecule has 15 heavy (non-hydrogen) atoms. The van der Waals surface area contributed by atoms with Crippen LogP contribution in [0.3, 0.4) is 0 Å². The Morgan fingerprint density at radius 1 is 1.47 bits per heavy atom. The Hall–Kier alpha value is -0.540. The van der Waals surface area contributed by atoms with E-state index in [0.717, 1.165) is 23.1 Å². The number of methoxy groups -OCH3 is 1. The number of hydrogen-bond acceptors (Lipinski definition) is 2. The molecule has 0 aliphatic rings. The lowest BCUT2D eigenvalue weighted by molar-refractivity contribution is 0.230. The summed E-state index contributed by atoms with van der Waals surface area (Å²) in [5.41, 5.74) is 1.19. The molecule has 2 nitrogen and oxygen atoms in total. The van der Waals surface area contributed by atoms with Gasteiger partial charge < -0.3 is 9.84 Å². The molecule has 0 saturated carbocycles. The van der Waals surface area contributed by atoms with Crippen molar-refractivity contribution in [1.82, 2.24) is 0 Å². The smallest absolute Gasteiger partial charge is 0.122 e. The number of aliphatic hydroxyl groups excluding tert-OH is 1. The van der Waals surface area contributed by atoms with E-state index in [1.54, 1.807) is 7.11 Å². The van der Waals surface area contributed by atoms with E-state index in [9.17, 15) is 0 Å². The number of halogens is 1. The molecule has 1 N–H and O–H groups in total. The normalized spacial score (nSPS) is 12.5. The van der Waals surface area contributed by atoms with Crippen LogP contribution in [0, 0.1) is 5.92 Å². The molecule has 0 radical (unpaired) electrons. The molecule has 0 fully saturated rings. The first kappa shape index (κ1) is 12.5. The maximum absolute atomic E-state index is 8.95. The largest absolute Gasteiger partial charge is 0.496 e. The second-order valence-electron chi connectivity index (χ2n) is 3.78. The monoisotopic (exact) mass is 272 g/mol. The molecule has 1 atom stereocenters. The summed E-state index contributed by atoms with van der Waals surface area (Å²) in [7, 11) is 1.68. The van der Waals surface area contributed by atoms with Crippen LogP contribution in [0.5, 0.6) is 5.75 Å². The number of hydrogen-bond donors (Lipinski definition) is 1. The van der Waals surface area contributed by atoms with Gasteiger partial charge in [0.2, 0.25) is 0 Å². The van der Waals surface area contributed by atoms with Gasteiger partial charge in [-0.25, -0.2) is 0 Å². The maximum Gasteiger partial charge on any atom is 0.122 e. The average molecular weight is 273 g/mol. The Morgan fingerprint density at radius 2 is 2.20 bits per heavy atom. The van der Waals surface area contributed by atoms with Crippen LogP contribution in [-0.4, -0.2) is 18.8 Å². The molecule has 0 bridgehead atoms. The van der Waals surface area contributed by atoms with E-state index in [0.29, 0.717) is 5.92 Å². The lowest BCUT2D eigenvalue weighted by Gasteiger charge is -2.11. The van der Waals surface area contributed by atoms with Gasteiger partial charge in [-0.15, -0.1) is 0 Å². The zero-order valence-electron chi connectivity index (χ0n) is 9.16. The standard InChI is InChI=1S/C12H17BrO2/c1-9(8-14)3-4-10-7-11(13)5-6-12(10)15-2/h5-7,9,14H,3-4,8H2,1-2H3. The van der Waals surface area contributed by atoms with Gasteiger partial charge >= 0.3 is 0 Å². The predicted molar refractivity (Wildman–Crippen MR) is 65.3 cm³/mol. The molecule has 84 valence electrons. The van der Waals surface area contributed by atoms with Crippen molar-refractivity contribution in [2.75, 3.05) is 13.7 Å². The first-order valence-corrected chi connectivity index (χ1v) is 5.90. The summed E-state index contributed by atoms with van der Waals surface area (Å²) in [5, 5.41) is 8.95. The van der Waals surface area contributed by atoms with Crippen LogP contribution >= 0.6 is 15.9 Å². The first-order valence-electron chi connectivity index (χ1n) is 5.10. The first-order chi connectivity index (χ1) is 7.17. The minimum atomic E-state index is 0.246. The Balaban J connectivity index is 2.69. The maximum atomic E-state index is 8.95. The second-order valence-corrected chi connectivity index (χ2v) is 4.70. The van der Waals surface area contributed by atoms with Crippen molar-refractivity contribution in [3.63, 3.8) is 0 Å². The van der Waals surface area contributed by atoms with E-state index in [1.165, 1.54) is 5.56 Å². The zero-order valence-corrected chi connectivity index (χ0v) is 10.8. The van der Waals surface area contributed by atoms with Gasteiger partial charge in [0.1, 0.15) is 5.75 Å². The Labute approximate surface area is 99.4 Å². The Morgan fingerprint density at radius 3 is 2.80 bits per heavy atom. The van der Waals surface area contributed by atoms with Crippen molar-refractivity contribution in [2.24, 2.45) is 5.92 Å². The van der Waals surface area contributed by atoms with Gasteiger partial charge in [0.15, 0.2) is 0 Å². The molecule has 1 unspecified atom stereocenters. The number of rotatable bonds is 5. The summed E-state index contributed by atoms with van der Waals surface area (Å²) in [4.78, 5) is 0. The van der Waals surface area contributed by atoms with E-state index in [1.807, 2.05) is 19.1 Å². The summed E-state index contributed by atoms with van der Waals surface area (Å²) < 4.78 is 6.35. The lowest BCUT2D eigenvalue weighted by Crippen LogP contribution is -2.03. The molecule has 0 amide bonds. The van der Waals surface area contributed by atoms with Gasteiger partial charge in [-0.05, 0) is 42.5 Å². The molecule has 0 spiro atoms. The molecular formula is C12H17BrO2. The lowest BCUT2D eigenvalue weighted by atomic mass is 10.0. The molecule has 0 aliphatic carbocycles. The quantitative estimate of drug-likeness (QED) is 0.893. The third-order valence-electron chi connectivity index (χ3n) is 2.46. The fourth-order valence-corrected chi connectivity index (χ4v) is 1.84. The van der Waals surface area contributed by atoms with E-state index in [2.05, 4.69) is 22.0 Å². The zero-order chi connectivity index (χ0) is 11.3. The van der Waals surface area contributed by atoms with E-state index < -0.39 is 0 Å². The van der Waals surface area contributed by atoms with Gasteiger partial charge in [-0.1, -0.05) is 22.9 Å². The molecule has 0 aliphatic heterocycles. The molecular weight excluding hydrogens is 256 g/mol.